The first kappa shape index (κ1) is 76.2. The molecule has 2 amide bonds. The smallest absolute Gasteiger partial charge is 0.217 e. The SMILES string of the molecule is CC(=O)N[C@@H]1[C@@H](O[C@@H]2O[C@@H](C)[C@@H](O)[C@@H](O)[C@@H]2O)[C@H](O[C@@H]2O[C@H](CO)[C@@H](O[C@@H]3O[C@H](CO)[C@@H](O[C@@H]4O[C@H](CO)[C@H](O)[C@H](O)[C@H]4O)[C@H](O[C@H]4O[C@H](CO)[C@@H](O)[C@H](O)[C@@H]4O)[C@@H]3O)[C@H](O[C@@H]3O[C@@H](C)[C@@H](O)[C@@H](O)[C@@H]3OC3O[C@H](CO)[C@H](O)[C@H](O)[C@H]3O)[C@H]2NC(C)=O)[C@@H](CO)O[C@H]1O. The molecule has 0 spiro atoms. The van der Waals surface area contributed by atoms with E-state index in [0.29, 0.717) is 0 Å². The van der Waals surface area contributed by atoms with E-state index in [4.69, 9.17) is 71.1 Å². The molecule has 8 saturated heterocycles. The molecular weight excluding hydrogens is 1280 g/mol. The average molecular weight is 1370 g/mol. The summed E-state index contributed by atoms with van der Waals surface area (Å²) < 4.78 is 90.2. The van der Waals surface area contributed by atoms with Crippen LogP contribution in [-0.4, -0.2) is 409 Å². The van der Waals surface area contributed by atoms with Crippen LogP contribution in [0, 0.1) is 0 Å². The van der Waals surface area contributed by atoms with E-state index in [9.17, 15) is 122 Å². The summed E-state index contributed by atoms with van der Waals surface area (Å²) in [5, 5.41) is 245. The third kappa shape index (κ3) is 16.2. The van der Waals surface area contributed by atoms with Crippen molar-refractivity contribution in [3.05, 3.63) is 0 Å². The molecular formula is C52H88N2O39. The molecule has 40 atom stereocenters. The van der Waals surface area contributed by atoms with Crippen LogP contribution in [0.2, 0.25) is 0 Å². The minimum Gasteiger partial charge on any atom is -0.394 e. The van der Waals surface area contributed by atoms with Crippen LogP contribution in [0.4, 0.5) is 0 Å². The maximum absolute atomic E-state index is 13.7. The van der Waals surface area contributed by atoms with Crippen LogP contribution in [0.5, 0.6) is 0 Å². The van der Waals surface area contributed by atoms with Crippen LogP contribution in [0.3, 0.4) is 0 Å². The van der Waals surface area contributed by atoms with Crippen molar-refractivity contribution < 1.29 is 193 Å². The Hall–Kier alpha value is -2.54. The van der Waals surface area contributed by atoms with Gasteiger partial charge < -0.3 is 194 Å². The third-order valence-corrected chi connectivity index (χ3v) is 17.4. The summed E-state index contributed by atoms with van der Waals surface area (Å²) in [6, 6.07) is -3.85. The predicted molar refractivity (Wildman–Crippen MR) is 285 cm³/mol. The highest BCUT2D eigenvalue weighted by atomic mass is 16.8. The minimum absolute atomic E-state index is 0.858. The van der Waals surface area contributed by atoms with Crippen molar-refractivity contribution >= 4 is 11.8 Å². The summed E-state index contributed by atoms with van der Waals surface area (Å²) in [6.07, 6.45) is -76.9. The number of amides is 2. The molecule has 8 rings (SSSR count). The number of nitrogens with one attached hydrogen (secondary N) is 2. The molecule has 0 bridgehead atoms. The number of carbonyl (C=O) groups is 2. The van der Waals surface area contributed by atoms with Gasteiger partial charge in [0.25, 0.3) is 0 Å². The first-order chi connectivity index (χ1) is 43.9. The van der Waals surface area contributed by atoms with Crippen LogP contribution >= 0.6 is 0 Å². The maximum Gasteiger partial charge on any atom is 0.217 e. The van der Waals surface area contributed by atoms with Gasteiger partial charge >= 0.3 is 0 Å². The molecule has 41 heteroatoms. The molecule has 8 aliphatic heterocycles. The summed E-state index contributed by atoms with van der Waals surface area (Å²) >= 11 is 0. The van der Waals surface area contributed by atoms with Crippen molar-refractivity contribution in [3.63, 3.8) is 0 Å². The number of aliphatic hydroxyl groups is 22. The zero-order chi connectivity index (χ0) is 68.5. The van der Waals surface area contributed by atoms with Gasteiger partial charge in [-0.3, -0.25) is 9.59 Å². The lowest BCUT2D eigenvalue weighted by Gasteiger charge is -2.53. The van der Waals surface area contributed by atoms with Gasteiger partial charge in [0, 0.05) is 13.8 Å². The standard InChI is InChI=1S/C52H88N2O39/c1-11-23(63)28(68)33(73)47(79-11)90-41-21(53-13(3)61)45(78)81-18(8-58)38(41)87-46-22(54-14(4)62)42(91-52-44(32(72)24(64)12(2)80-52)93-50-36(76)31(71)27(67)17(7-57)84-50)39(19(9-59)85-46)88-51-37(77)43(92-49-35(75)30(70)26(66)16(6-56)83-49)40(20(10-60)86-51)89-48-34(74)29(69)25(65)15(5-55)82-48/h11-12,15-52,55-60,63-78H,5-10H2,1-4H3,(H,53,61)(H,54,62)/t11-,12-,15+,16+,17+,18+,19+,20+,21+,22+,23+,24+,25-,26+,27-,28+,29-,30-,31-,32+,33-,34+,35-,36+,37-,38+,39+,40+,41+,42+,43+,44-,45+,46-,47-,48-,49+,50?,51-,52-/m0/s1. The van der Waals surface area contributed by atoms with Gasteiger partial charge in [-0.25, -0.2) is 0 Å². The van der Waals surface area contributed by atoms with Crippen LogP contribution in [0.15, 0.2) is 0 Å². The predicted octanol–water partition coefficient (Wildman–Crippen LogP) is -16.1. The normalized spacial score (nSPS) is 51.6. The number of ether oxygens (including phenoxy) is 15. The van der Waals surface area contributed by atoms with Crippen LogP contribution in [-0.2, 0) is 80.6 Å². The Morgan fingerprint density at radius 1 is 0.280 bits per heavy atom. The van der Waals surface area contributed by atoms with Gasteiger partial charge in [0.15, 0.2) is 50.3 Å². The Morgan fingerprint density at radius 2 is 0.559 bits per heavy atom. The Bertz CT molecular complexity index is 2350. The van der Waals surface area contributed by atoms with E-state index in [2.05, 4.69) is 10.6 Å². The molecule has 1 unspecified atom stereocenters. The maximum atomic E-state index is 13.7. The number of hydrogen-bond donors (Lipinski definition) is 24. The number of rotatable bonds is 22. The molecule has 0 aromatic heterocycles. The molecule has 8 heterocycles. The first-order valence-corrected chi connectivity index (χ1v) is 29.9. The van der Waals surface area contributed by atoms with Crippen molar-refractivity contribution in [1.82, 2.24) is 10.6 Å². The van der Waals surface area contributed by atoms with Gasteiger partial charge in [0.1, 0.15) is 183 Å². The van der Waals surface area contributed by atoms with E-state index in [0.717, 1.165) is 13.8 Å². The number of hydrogen-bond acceptors (Lipinski definition) is 39. The van der Waals surface area contributed by atoms with E-state index >= 15 is 0 Å². The zero-order valence-electron chi connectivity index (χ0n) is 50.1. The Kier molecular flexibility index (Phi) is 26.7. The summed E-state index contributed by atoms with van der Waals surface area (Å²) in [6.45, 7) is -2.18. The third-order valence-electron chi connectivity index (χ3n) is 17.4. The fourth-order valence-electron chi connectivity index (χ4n) is 12.1. The topological polar surface area (TPSA) is 642 Å². The lowest BCUT2D eigenvalue weighted by atomic mass is 9.92. The van der Waals surface area contributed by atoms with Gasteiger partial charge in [-0.15, -0.1) is 0 Å². The molecule has 8 fully saturated rings. The van der Waals surface area contributed by atoms with Gasteiger partial charge in [-0.05, 0) is 13.8 Å². The monoisotopic (exact) mass is 1360 g/mol. The molecule has 540 valence electrons. The molecule has 0 aromatic rings. The van der Waals surface area contributed by atoms with E-state index < -0.39 is 297 Å². The molecule has 0 aliphatic carbocycles. The quantitative estimate of drug-likeness (QED) is 0.0479. The highest BCUT2D eigenvalue weighted by molar-refractivity contribution is 5.73. The highest BCUT2D eigenvalue weighted by Gasteiger charge is 2.61. The second-order valence-corrected chi connectivity index (χ2v) is 23.8. The molecule has 24 N–H and O–H groups in total. The first-order valence-electron chi connectivity index (χ1n) is 29.9. The second-order valence-electron chi connectivity index (χ2n) is 23.8. The molecule has 0 saturated carbocycles. The minimum atomic E-state index is -2.49. The average Bonchev–Trinajstić information content (AvgIpc) is 0.774. The van der Waals surface area contributed by atoms with Crippen molar-refractivity contribution in [2.24, 2.45) is 0 Å². The molecule has 0 aromatic carbocycles. The van der Waals surface area contributed by atoms with Gasteiger partial charge in [0.05, 0.1) is 51.8 Å². The summed E-state index contributed by atoms with van der Waals surface area (Å²) in [5.74, 6) is -1.87. The Balaban J connectivity index is 1.24. The van der Waals surface area contributed by atoms with Crippen LogP contribution in [0.1, 0.15) is 27.7 Å². The van der Waals surface area contributed by atoms with Crippen molar-refractivity contribution in [3.8, 4) is 0 Å². The largest absolute Gasteiger partial charge is 0.394 e. The Morgan fingerprint density at radius 3 is 0.989 bits per heavy atom. The van der Waals surface area contributed by atoms with Gasteiger partial charge in [0.2, 0.25) is 11.8 Å². The van der Waals surface area contributed by atoms with Crippen molar-refractivity contribution in [2.45, 2.75) is 273 Å². The van der Waals surface area contributed by atoms with E-state index in [1.165, 1.54) is 13.8 Å². The number of carbonyl (C=O) groups excluding carboxylic acids is 2. The lowest BCUT2D eigenvalue weighted by Crippen LogP contribution is -2.72. The fraction of sp³-hybridized carbons (Fsp3) is 0.962. The lowest BCUT2D eigenvalue weighted by molar-refractivity contribution is -0.410. The summed E-state index contributed by atoms with van der Waals surface area (Å²) in [4.78, 5) is 26.5. The molecule has 93 heavy (non-hydrogen) atoms. The van der Waals surface area contributed by atoms with E-state index in [-0.39, 0.29) is 0 Å². The molecule has 41 nitrogen and oxygen atoms in total. The zero-order valence-corrected chi connectivity index (χ0v) is 50.1. The van der Waals surface area contributed by atoms with Crippen molar-refractivity contribution in [1.29, 1.82) is 0 Å². The van der Waals surface area contributed by atoms with Gasteiger partial charge in [-0.1, -0.05) is 0 Å². The molecule has 0 radical (unpaired) electrons. The second kappa shape index (κ2) is 32.6. The van der Waals surface area contributed by atoms with Gasteiger partial charge in [-0.2, -0.15) is 0 Å². The van der Waals surface area contributed by atoms with E-state index in [1.54, 1.807) is 0 Å². The van der Waals surface area contributed by atoms with Crippen LogP contribution in [0.25, 0.3) is 0 Å². The fourth-order valence-corrected chi connectivity index (χ4v) is 12.1. The highest BCUT2D eigenvalue weighted by Crippen LogP contribution is 2.41. The number of aliphatic hydroxyl groups excluding tert-OH is 22. The molecule has 8 aliphatic rings. The van der Waals surface area contributed by atoms with Crippen molar-refractivity contribution in [2.75, 3.05) is 39.6 Å². The Labute approximate surface area is 527 Å². The summed E-state index contributed by atoms with van der Waals surface area (Å²) in [7, 11) is 0. The van der Waals surface area contributed by atoms with E-state index in [1.807, 2.05) is 0 Å². The van der Waals surface area contributed by atoms with Crippen LogP contribution < -0.4 is 10.6 Å². The summed E-state index contributed by atoms with van der Waals surface area (Å²) in [5.41, 5.74) is 0.